The number of fused-ring (bicyclic) bond motifs is 1. The van der Waals surface area contributed by atoms with Crippen LogP contribution in [0.1, 0.15) is 37.0 Å². The van der Waals surface area contributed by atoms with Crippen LogP contribution in [0.25, 0.3) is 11.0 Å². The highest BCUT2D eigenvalue weighted by atomic mass is 16.1. The third-order valence-corrected chi connectivity index (χ3v) is 2.97. The van der Waals surface area contributed by atoms with Crippen LogP contribution in [-0.4, -0.2) is 15.3 Å². The number of benzene rings is 1. The summed E-state index contributed by atoms with van der Waals surface area (Å²) in [6.45, 7) is 5.94. The number of ketones is 1. The van der Waals surface area contributed by atoms with Gasteiger partial charge >= 0.3 is 0 Å². The van der Waals surface area contributed by atoms with Crippen molar-refractivity contribution in [1.82, 2.24) is 9.55 Å². The van der Waals surface area contributed by atoms with Crippen molar-refractivity contribution in [2.75, 3.05) is 0 Å². The van der Waals surface area contributed by atoms with Crippen molar-refractivity contribution in [2.24, 2.45) is 13.0 Å². The third-order valence-electron chi connectivity index (χ3n) is 2.97. The number of imidazole rings is 1. The number of nitrogens with zero attached hydrogens (tertiary/aromatic N) is 2. The summed E-state index contributed by atoms with van der Waals surface area (Å²) in [5.41, 5.74) is 2.73. The fourth-order valence-electron chi connectivity index (χ4n) is 2.02. The molecule has 0 spiro atoms. The lowest BCUT2D eigenvalue weighted by molar-refractivity contribution is 0.101. The molecule has 1 aromatic heterocycles. The quantitative estimate of drug-likeness (QED) is 0.760. The molecule has 90 valence electrons. The Labute approximate surface area is 101 Å². The maximum absolute atomic E-state index is 11.3. The van der Waals surface area contributed by atoms with E-state index in [1.54, 1.807) is 6.92 Å². The molecule has 3 nitrogen and oxygen atoms in total. The van der Waals surface area contributed by atoms with Crippen molar-refractivity contribution in [3.05, 3.63) is 29.6 Å². The van der Waals surface area contributed by atoms with Crippen LogP contribution in [0.5, 0.6) is 0 Å². The number of rotatable bonds is 3. The Morgan fingerprint density at radius 1 is 1.41 bits per heavy atom. The van der Waals surface area contributed by atoms with Crippen LogP contribution < -0.4 is 0 Å². The van der Waals surface area contributed by atoms with Crippen molar-refractivity contribution in [2.45, 2.75) is 27.2 Å². The number of Topliss-reactive ketones (excluding diaryl/α,β-unsaturated/α-hetero) is 1. The fourth-order valence-corrected chi connectivity index (χ4v) is 2.02. The average molecular weight is 230 g/mol. The van der Waals surface area contributed by atoms with Crippen LogP contribution in [0.3, 0.4) is 0 Å². The minimum Gasteiger partial charge on any atom is -0.331 e. The van der Waals surface area contributed by atoms with Crippen molar-refractivity contribution in [3.8, 4) is 0 Å². The highest BCUT2D eigenvalue weighted by Crippen LogP contribution is 2.18. The molecule has 0 atom stereocenters. The Balaban J connectivity index is 2.53. The molecule has 0 aliphatic rings. The minimum absolute atomic E-state index is 0.0861. The molecule has 0 N–H and O–H groups in total. The van der Waals surface area contributed by atoms with Gasteiger partial charge in [-0.25, -0.2) is 4.98 Å². The minimum atomic E-state index is 0.0861. The standard InChI is InChI=1S/C14H18N2O/c1-9(2)7-14-15-12-8-11(10(3)17)5-6-13(12)16(14)4/h5-6,8-9H,7H2,1-4H3. The van der Waals surface area contributed by atoms with E-state index < -0.39 is 0 Å². The summed E-state index contributed by atoms with van der Waals surface area (Å²) < 4.78 is 2.11. The Bertz CT molecular complexity index is 567. The molecule has 0 fully saturated rings. The second kappa shape index (κ2) is 4.32. The molecule has 17 heavy (non-hydrogen) atoms. The van der Waals surface area contributed by atoms with E-state index in [1.165, 1.54) is 0 Å². The SMILES string of the molecule is CC(=O)c1ccc2c(c1)nc(CC(C)C)n2C. The van der Waals surface area contributed by atoms with Gasteiger partial charge in [-0.3, -0.25) is 4.79 Å². The molecule has 0 saturated carbocycles. The summed E-state index contributed by atoms with van der Waals surface area (Å²) in [4.78, 5) is 15.9. The first-order chi connectivity index (χ1) is 7.99. The number of hydrogen-bond donors (Lipinski definition) is 0. The van der Waals surface area contributed by atoms with Gasteiger partial charge < -0.3 is 4.57 Å². The largest absolute Gasteiger partial charge is 0.331 e. The van der Waals surface area contributed by atoms with E-state index in [0.29, 0.717) is 5.92 Å². The van der Waals surface area contributed by atoms with Gasteiger partial charge in [-0.2, -0.15) is 0 Å². The van der Waals surface area contributed by atoms with Crippen molar-refractivity contribution in [3.63, 3.8) is 0 Å². The van der Waals surface area contributed by atoms with Crippen molar-refractivity contribution in [1.29, 1.82) is 0 Å². The van der Waals surface area contributed by atoms with Gasteiger partial charge in [0.1, 0.15) is 5.82 Å². The monoisotopic (exact) mass is 230 g/mol. The van der Waals surface area contributed by atoms with Gasteiger partial charge in [0.25, 0.3) is 0 Å². The lowest BCUT2D eigenvalue weighted by Gasteiger charge is -2.04. The summed E-state index contributed by atoms with van der Waals surface area (Å²) in [6, 6.07) is 5.72. The maximum Gasteiger partial charge on any atom is 0.159 e. The van der Waals surface area contributed by atoms with Gasteiger partial charge in [0, 0.05) is 19.0 Å². The normalized spacial score (nSPS) is 11.4. The first-order valence-corrected chi connectivity index (χ1v) is 5.95. The summed E-state index contributed by atoms with van der Waals surface area (Å²) >= 11 is 0. The van der Waals surface area contributed by atoms with Crippen molar-refractivity contribution < 1.29 is 4.79 Å². The average Bonchev–Trinajstić information content (AvgIpc) is 2.54. The molecule has 0 radical (unpaired) electrons. The Morgan fingerprint density at radius 3 is 2.71 bits per heavy atom. The molecule has 0 amide bonds. The molecule has 0 bridgehead atoms. The zero-order valence-corrected chi connectivity index (χ0v) is 10.8. The summed E-state index contributed by atoms with van der Waals surface area (Å²) in [6.07, 6.45) is 0.959. The Kier molecular flexibility index (Phi) is 3.01. The highest BCUT2D eigenvalue weighted by molar-refractivity contribution is 5.97. The van der Waals surface area contributed by atoms with Crippen LogP contribution in [0, 0.1) is 5.92 Å². The Hall–Kier alpha value is -1.64. The maximum atomic E-state index is 11.3. The molecule has 1 heterocycles. The van der Waals surface area contributed by atoms with E-state index in [1.807, 2.05) is 25.2 Å². The zero-order valence-electron chi connectivity index (χ0n) is 10.8. The number of aryl methyl sites for hydroxylation is 1. The van der Waals surface area contributed by atoms with Gasteiger partial charge in [0.15, 0.2) is 5.78 Å². The molecule has 0 aliphatic carbocycles. The van der Waals surface area contributed by atoms with Crippen LogP contribution in [0.4, 0.5) is 0 Å². The van der Waals surface area contributed by atoms with E-state index in [-0.39, 0.29) is 5.78 Å². The molecule has 2 aromatic rings. The van der Waals surface area contributed by atoms with Crippen LogP contribution in [0.2, 0.25) is 0 Å². The lowest BCUT2D eigenvalue weighted by atomic mass is 10.1. The summed E-state index contributed by atoms with van der Waals surface area (Å²) in [5, 5.41) is 0. The first-order valence-electron chi connectivity index (χ1n) is 5.95. The predicted octanol–water partition coefficient (Wildman–Crippen LogP) is 2.97. The number of carbonyl (C=O) groups excluding carboxylic acids is 1. The molecule has 0 unspecified atom stereocenters. The fraction of sp³-hybridized carbons (Fsp3) is 0.429. The molecule has 3 heteroatoms. The number of hydrogen-bond acceptors (Lipinski definition) is 2. The molecular formula is C14H18N2O. The molecule has 0 saturated heterocycles. The third kappa shape index (κ3) is 2.23. The molecule has 0 aliphatic heterocycles. The van der Waals surface area contributed by atoms with E-state index >= 15 is 0 Å². The smallest absolute Gasteiger partial charge is 0.159 e. The van der Waals surface area contributed by atoms with Gasteiger partial charge in [-0.1, -0.05) is 13.8 Å². The molecule has 1 aromatic carbocycles. The van der Waals surface area contributed by atoms with Gasteiger partial charge in [-0.15, -0.1) is 0 Å². The molecular weight excluding hydrogens is 212 g/mol. The lowest BCUT2D eigenvalue weighted by Crippen LogP contribution is -2.02. The topological polar surface area (TPSA) is 34.9 Å². The van der Waals surface area contributed by atoms with Crippen LogP contribution >= 0.6 is 0 Å². The van der Waals surface area contributed by atoms with Crippen LogP contribution in [0.15, 0.2) is 18.2 Å². The summed E-state index contributed by atoms with van der Waals surface area (Å²) in [7, 11) is 2.03. The van der Waals surface area contributed by atoms with E-state index in [9.17, 15) is 4.79 Å². The van der Waals surface area contributed by atoms with E-state index in [4.69, 9.17) is 0 Å². The second-order valence-corrected chi connectivity index (χ2v) is 4.94. The number of carbonyl (C=O) groups is 1. The van der Waals surface area contributed by atoms with Gasteiger partial charge in [0.05, 0.1) is 11.0 Å². The first kappa shape index (κ1) is 11.8. The van der Waals surface area contributed by atoms with Gasteiger partial charge in [0.2, 0.25) is 0 Å². The zero-order chi connectivity index (χ0) is 12.6. The molecule has 2 rings (SSSR count). The summed E-state index contributed by atoms with van der Waals surface area (Å²) in [5.74, 6) is 1.75. The second-order valence-electron chi connectivity index (χ2n) is 4.94. The van der Waals surface area contributed by atoms with E-state index in [2.05, 4.69) is 23.4 Å². The van der Waals surface area contributed by atoms with Gasteiger partial charge in [-0.05, 0) is 31.0 Å². The Morgan fingerprint density at radius 2 is 2.12 bits per heavy atom. The van der Waals surface area contributed by atoms with E-state index in [0.717, 1.165) is 28.8 Å². The number of aromatic nitrogens is 2. The predicted molar refractivity (Wildman–Crippen MR) is 69.3 cm³/mol. The highest BCUT2D eigenvalue weighted by Gasteiger charge is 2.10. The van der Waals surface area contributed by atoms with Crippen molar-refractivity contribution >= 4 is 16.8 Å². The van der Waals surface area contributed by atoms with Crippen LogP contribution in [-0.2, 0) is 13.5 Å².